The van der Waals surface area contributed by atoms with Crippen molar-refractivity contribution in [3.63, 3.8) is 0 Å². The van der Waals surface area contributed by atoms with E-state index < -0.39 is 11.6 Å². The van der Waals surface area contributed by atoms with Gasteiger partial charge in [-0.05, 0) is 64.6 Å². The Morgan fingerprint density at radius 2 is 1.67 bits per heavy atom. The fraction of sp³-hybridized carbons (Fsp3) is 0.250. The quantitative estimate of drug-likeness (QED) is 0.721. The maximum Gasteiger partial charge on any atom is 0.198 e. The molecule has 0 bridgehead atoms. The lowest BCUT2D eigenvalue weighted by molar-refractivity contribution is 0.406. The summed E-state index contributed by atoms with van der Waals surface area (Å²) in [5.41, 5.74) is 0.550. The molecule has 0 aliphatic carbocycles. The van der Waals surface area contributed by atoms with E-state index in [9.17, 15) is 8.78 Å². The topological polar surface area (TPSA) is 21.3 Å². The minimum Gasteiger partial charge on any atom is -0.451 e. The van der Waals surface area contributed by atoms with Gasteiger partial charge in [-0.25, -0.2) is 8.78 Å². The Labute approximate surface area is 136 Å². The number of halogens is 3. The number of hydrogen-bond acceptors (Lipinski definition) is 2. The minimum atomic E-state index is -0.700. The predicted molar refractivity (Wildman–Crippen MR) is 87.6 cm³/mol. The van der Waals surface area contributed by atoms with E-state index in [0.717, 1.165) is 3.57 Å². The van der Waals surface area contributed by atoms with Crippen molar-refractivity contribution in [2.45, 2.75) is 26.4 Å². The van der Waals surface area contributed by atoms with E-state index in [1.54, 1.807) is 12.1 Å². The first-order valence-electron chi connectivity index (χ1n) is 6.60. The van der Waals surface area contributed by atoms with E-state index in [0.29, 0.717) is 17.9 Å². The van der Waals surface area contributed by atoms with Gasteiger partial charge in [0.1, 0.15) is 5.75 Å². The van der Waals surface area contributed by atoms with Crippen LogP contribution in [-0.2, 0) is 6.54 Å². The monoisotopic (exact) mass is 403 g/mol. The lowest BCUT2D eigenvalue weighted by Crippen LogP contribution is -2.22. The third-order valence-electron chi connectivity index (χ3n) is 2.81. The summed E-state index contributed by atoms with van der Waals surface area (Å²) in [5.74, 6) is -1.37. The molecule has 0 unspecified atom stereocenters. The highest BCUT2D eigenvalue weighted by Gasteiger charge is 2.14. The number of benzene rings is 2. The third-order valence-corrected chi connectivity index (χ3v) is 3.53. The fourth-order valence-electron chi connectivity index (χ4n) is 1.75. The van der Waals surface area contributed by atoms with Crippen LogP contribution in [0.2, 0.25) is 0 Å². The highest BCUT2D eigenvalue weighted by Crippen LogP contribution is 2.29. The molecule has 112 valence electrons. The molecule has 0 aliphatic heterocycles. The highest BCUT2D eigenvalue weighted by atomic mass is 127. The minimum absolute atomic E-state index is 0.249. The molecule has 2 aromatic carbocycles. The smallest absolute Gasteiger partial charge is 0.198 e. The van der Waals surface area contributed by atoms with Crippen LogP contribution in [0.25, 0.3) is 0 Å². The maximum atomic E-state index is 14.0. The Morgan fingerprint density at radius 3 is 2.19 bits per heavy atom. The Balaban J connectivity index is 2.18. The Morgan fingerprint density at radius 1 is 1.10 bits per heavy atom. The first-order valence-corrected chi connectivity index (χ1v) is 7.68. The van der Waals surface area contributed by atoms with E-state index in [1.165, 1.54) is 12.1 Å². The summed E-state index contributed by atoms with van der Waals surface area (Å²) in [6.07, 6.45) is 0. The second kappa shape index (κ2) is 7.17. The van der Waals surface area contributed by atoms with Gasteiger partial charge in [0.25, 0.3) is 0 Å². The molecule has 2 rings (SSSR count). The Bertz CT molecular complexity index is 591. The van der Waals surface area contributed by atoms with Crippen molar-refractivity contribution in [2.24, 2.45) is 0 Å². The summed E-state index contributed by atoms with van der Waals surface area (Å²) >= 11 is 2.15. The maximum absolute atomic E-state index is 14.0. The van der Waals surface area contributed by atoms with Crippen LogP contribution in [-0.4, -0.2) is 6.04 Å². The highest BCUT2D eigenvalue weighted by molar-refractivity contribution is 14.1. The summed E-state index contributed by atoms with van der Waals surface area (Å²) < 4.78 is 34.3. The van der Waals surface area contributed by atoms with Gasteiger partial charge >= 0.3 is 0 Å². The van der Waals surface area contributed by atoms with Crippen molar-refractivity contribution in [1.82, 2.24) is 5.32 Å². The van der Waals surface area contributed by atoms with Crippen LogP contribution in [0.3, 0.4) is 0 Å². The van der Waals surface area contributed by atoms with E-state index >= 15 is 0 Å². The molecule has 0 saturated carbocycles. The normalized spacial score (nSPS) is 11.0. The van der Waals surface area contributed by atoms with Crippen LogP contribution in [0.15, 0.2) is 36.4 Å². The molecule has 0 atom stereocenters. The molecule has 0 aliphatic rings. The molecule has 0 amide bonds. The molecule has 21 heavy (non-hydrogen) atoms. The van der Waals surface area contributed by atoms with Gasteiger partial charge in [-0.2, -0.15) is 0 Å². The molecule has 0 saturated heterocycles. The van der Waals surface area contributed by atoms with Gasteiger partial charge in [-0.3, -0.25) is 0 Å². The summed E-state index contributed by atoms with van der Waals surface area (Å²) in [5, 5.41) is 3.12. The van der Waals surface area contributed by atoms with E-state index in [4.69, 9.17) is 4.74 Å². The van der Waals surface area contributed by atoms with Crippen LogP contribution in [0.4, 0.5) is 8.78 Å². The van der Waals surface area contributed by atoms with Gasteiger partial charge < -0.3 is 10.1 Å². The van der Waals surface area contributed by atoms with Crippen molar-refractivity contribution in [1.29, 1.82) is 0 Å². The SMILES string of the molecule is CC(C)NCc1cc(F)c(Oc2ccc(I)cc2)c(F)c1. The van der Waals surface area contributed by atoms with Crippen LogP contribution in [0.5, 0.6) is 11.5 Å². The van der Waals surface area contributed by atoms with E-state index in [2.05, 4.69) is 27.9 Å². The van der Waals surface area contributed by atoms with Gasteiger partial charge in [0.15, 0.2) is 17.4 Å². The zero-order valence-electron chi connectivity index (χ0n) is 11.8. The lowest BCUT2D eigenvalue weighted by atomic mass is 10.2. The van der Waals surface area contributed by atoms with Crippen LogP contribution in [0.1, 0.15) is 19.4 Å². The van der Waals surface area contributed by atoms with Crippen LogP contribution < -0.4 is 10.1 Å². The summed E-state index contributed by atoms with van der Waals surface area (Å²) in [6.45, 7) is 4.36. The summed E-state index contributed by atoms with van der Waals surface area (Å²) in [4.78, 5) is 0. The standard InChI is InChI=1S/C16H16F2INO/c1-10(2)20-9-11-7-14(17)16(15(18)8-11)21-13-5-3-12(19)4-6-13/h3-8,10,20H,9H2,1-2H3. The third kappa shape index (κ3) is 4.64. The summed E-state index contributed by atoms with van der Waals surface area (Å²) in [6, 6.07) is 9.81. The van der Waals surface area contributed by atoms with E-state index in [-0.39, 0.29) is 11.8 Å². The zero-order chi connectivity index (χ0) is 15.4. The second-order valence-electron chi connectivity index (χ2n) is 4.98. The molecule has 0 radical (unpaired) electrons. The zero-order valence-corrected chi connectivity index (χ0v) is 13.9. The van der Waals surface area contributed by atoms with Crippen LogP contribution >= 0.6 is 22.6 Å². The molecule has 0 heterocycles. The summed E-state index contributed by atoms with van der Waals surface area (Å²) in [7, 11) is 0. The van der Waals surface area contributed by atoms with Gasteiger partial charge in [0, 0.05) is 16.2 Å². The van der Waals surface area contributed by atoms with Crippen molar-refractivity contribution in [3.05, 3.63) is 57.2 Å². The molecule has 2 aromatic rings. The van der Waals surface area contributed by atoms with Crippen molar-refractivity contribution in [3.8, 4) is 11.5 Å². The predicted octanol–water partition coefficient (Wildman–Crippen LogP) is 4.86. The van der Waals surface area contributed by atoms with Gasteiger partial charge in [0.05, 0.1) is 0 Å². The van der Waals surface area contributed by atoms with Crippen LogP contribution in [0, 0.1) is 15.2 Å². The lowest BCUT2D eigenvalue weighted by Gasteiger charge is -2.12. The first kappa shape index (κ1) is 16.2. The van der Waals surface area contributed by atoms with Gasteiger partial charge in [-0.1, -0.05) is 13.8 Å². The molecular weight excluding hydrogens is 387 g/mol. The second-order valence-corrected chi connectivity index (χ2v) is 6.23. The van der Waals surface area contributed by atoms with Gasteiger partial charge in [0.2, 0.25) is 0 Å². The molecule has 0 fully saturated rings. The Hall–Kier alpha value is -1.21. The molecule has 2 nitrogen and oxygen atoms in total. The number of rotatable bonds is 5. The first-order chi connectivity index (χ1) is 9.95. The average molecular weight is 403 g/mol. The fourth-order valence-corrected chi connectivity index (χ4v) is 2.11. The average Bonchev–Trinajstić information content (AvgIpc) is 2.42. The largest absolute Gasteiger partial charge is 0.451 e. The molecule has 5 heteroatoms. The molecular formula is C16H16F2INO. The van der Waals surface area contributed by atoms with Crippen molar-refractivity contribution < 1.29 is 13.5 Å². The number of ether oxygens (including phenoxy) is 1. The van der Waals surface area contributed by atoms with Gasteiger partial charge in [-0.15, -0.1) is 0 Å². The molecule has 0 spiro atoms. The van der Waals surface area contributed by atoms with E-state index in [1.807, 2.05) is 26.0 Å². The number of nitrogens with one attached hydrogen (secondary N) is 1. The number of hydrogen-bond donors (Lipinski definition) is 1. The van der Waals surface area contributed by atoms with Crippen molar-refractivity contribution >= 4 is 22.6 Å². The Kier molecular flexibility index (Phi) is 5.52. The molecule has 1 N–H and O–H groups in total. The molecule has 0 aromatic heterocycles. The van der Waals surface area contributed by atoms with Crippen molar-refractivity contribution in [2.75, 3.05) is 0 Å².